The van der Waals surface area contributed by atoms with Gasteiger partial charge >= 0.3 is 0 Å². The van der Waals surface area contributed by atoms with Gasteiger partial charge in [-0.05, 0) is 19.9 Å². The van der Waals surface area contributed by atoms with Crippen molar-refractivity contribution < 1.29 is 4.92 Å². The van der Waals surface area contributed by atoms with E-state index in [1.54, 1.807) is 24.3 Å². The zero-order valence-electron chi connectivity index (χ0n) is 10.0. The van der Waals surface area contributed by atoms with Crippen molar-refractivity contribution in [3.05, 3.63) is 44.0 Å². The van der Waals surface area contributed by atoms with Crippen LogP contribution in [0.15, 0.2) is 18.3 Å². The van der Waals surface area contributed by atoms with Gasteiger partial charge in [0.25, 0.3) is 5.69 Å². The van der Waals surface area contributed by atoms with Gasteiger partial charge in [0, 0.05) is 17.1 Å². The number of nitrogens with one attached hydrogen (secondary N) is 1. The zero-order valence-corrected chi connectivity index (χ0v) is 10.8. The molecule has 6 nitrogen and oxygen atoms in total. The average molecular weight is 264 g/mol. The van der Waals surface area contributed by atoms with Gasteiger partial charge in [-0.25, -0.2) is 9.97 Å². The minimum atomic E-state index is -0.432. The Morgan fingerprint density at radius 2 is 2.22 bits per heavy atom. The van der Waals surface area contributed by atoms with Gasteiger partial charge in [0.2, 0.25) is 0 Å². The van der Waals surface area contributed by atoms with Gasteiger partial charge in [-0.1, -0.05) is 0 Å². The third-order valence-corrected chi connectivity index (χ3v) is 3.28. The van der Waals surface area contributed by atoms with Crippen LogP contribution >= 0.6 is 11.3 Å². The fourth-order valence-electron chi connectivity index (χ4n) is 1.51. The van der Waals surface area contributed by atoms with Gasteiger partial charge in [-0.15, -0.1) is 11.3 Å². The lowest BCUT2D eigenvalue weighted by Crippen LogP contribution is -2.02. The van der Waals surface area contributed by atoms with Crippen LogP contribution in [0, 0.1) is 24.0 Å². The van der Waals surface area contributed by atoms with Gasteiger partial charge < -0.3 is 5.32 Å². The Morgan fingerprint density at radius 1 is 1.44 bits per heavy atom. The molecule has 0 atom stereocenters. The third kappa shape index (κ3) is 2.80. The minimum absolute atomic E-state index is 0.0363. The molecule has 0 fully saturated rings. The molecule has 0 saturated carbocycles. The second-order valence-electron chi connectivity index (χ2n) is 3.76. The van der Waals surface area contributed by atoms with E-state index in [0.717, 1.165) is 9.88 Å². The Kier molecular flexibility index (Phi) is 3.52. The molecule has 0 aliphatic rings. The van der Waals surface area contributed by atoms with Gasteiger partial charge in [-0.3, -0.25) is 10.1 Å². The summed E-state index contributed by atoms with van der Waals surface area (Å²) in [5, 5.41) is 14.8. The van der Waals surface area contributed by atoms with E-state index in [1.807, 2.05) is 13.1 Å². The van der Waals surface area contributed by atoms with Crippen LogP contribution in [0.1, 0.15) is 15.6 Å². The molecule has 2 heterocycles. The smallest absolute Gasteiger partial charge is 0.290 e. The predicted molar refractivity (Wildman–Crippen MR) is 69.8 cm³/mol. The molecule has 7 heteroatoms. The number of nitro groups is 1. The van der Waals surface area contributed by atoms with Crippen LogP contribution in [0.5, 0.6) is 0 Å². The lowest BCUT2D eigenvalue weighted by Gasteiger charge is -2.04. The van der Waals surface area contributed by atoms with Crippen molar-refractivity contribution in [2.24, 2.45) is 0 Å². The topological polar surface area (TPSA) is 81.0 Å². The number of rotatable bonds is 4. The highest BCUT2D eigenvalue weighted by atomic mass is 32.1. The number of anilines is 1. The van der Waals surface area contributed by atoms with Crippen LogP contribution in [0.3, 0.4) is 0 Å². The van der Waals surface area contributed by atoms with E-state index < -0.39 is 4.92 Å². The van der Waals surface area contributed by atoms with Gasteiger partial charge in [0.1, 0.15) is 11.5 Å². The molecule has 1 N–H and O–H groups in total. The highest BCUT2D eigenvalue weighted by Crippen LogP contribution is 2.19. The monoisotopic (exact) mass is 264 g/mol. The minimum Gasteiger partial charge on any atom is -0.365 e. The Hall–Kier alpha value is -2.02. The van der Waals surface area contributed by atoms with Crippen LogP contribution in [0.2, 0.25) is 0 Å². The molecule has 0 saturated heterocycles. The first-order valence-corrected chi connectivity index (χ1v) is 6.15. The van der Waals surface area contributed by atoms with Crippen LogP contribution in [0.25, 0.3) is 0 Å². The summed E-state index contributed by atoms with van der Waals surface area (Å²) in [6, 6.07) is 3.07. The van der Waals surface area contributed by atoms with Crippen molar-refractivity contribution in [1.82, 2.24) is 9.97 Å². The number of aromatic nitrogens is 2. The summed E-state index contributed by atoms with van der Waals surface area (Å²) in [5.41, 5.74) is 0.444. The van der Waals surface area contributed by atoms with Gasteiger partial charge in [0.15, 0.2) is 0 Å². The number of nitrogens with zero attached hydrogens (tertiary/aromatic N) is 3. The summed E-state index contributed by atoms with van der Waals surface area (Å²) in [4.78, 5) is 19.6. The molecule has 0 spiro atoms. The fraction of sp³-hybridized carbons (Fsp3) is 0.273. The van der Waals surface area contributed by atoms with E-state index in [0.29, 0.717) is 18.1 Å². The lowest BCUT2D eigenvalue weighted by molar-refractivity contribution is -0.385. The van der Waals surface area contributed by atoms with Crippen molar-refractivity contribution in [2.75, 3.05) is 5.32 Å². The van der Waals surface area contributed by atoms with Crippen LogP contribution < -0.4 is 5.32 Å². The summed E-state index contributed by atoms with van der Waals surface area (Å²) in [6.07, 6.45) is 1.81. The zero-order chi connectivity index (χ0) is 13.1. The standard InChI is InChI=1S/C11H12N4O2S/c1-7-10(15(16)17)3-4-11(14-7)13-6-9-5-12-8(2)18-9/h3-5H,6H2,1-2H3,(H,13,14). The highest BCUT2D eigenvalue weighted by molar-refractivity contribution is 7.11. The molecule has 18 heavy (non-hydrogen) atoms. The molecule has 2 aromatic rings. The molecule has 94 valence electrons. The van der Waals surface area contributed by atoms with E-state index in [2.05, 4.69) is 15.3 Å². The molecule has 0 radical (unpaired) electrons. The van der Waals surface area contributed by atoms with E-state index in [1.165, 1.54) is 6.07 Å². The molecule has 0 amide bonds. The summed E-state index contributed by atoms with van der Waals surface area (Å²) in [7, 11) is 0. The number of thiazole rings is 1. The molecule has 2 rings (SSSR count). The first-order chi connectivity index (χ1) is 8.56. The molecule has 0 unspecified atom stereocenters. The molecule has 2 aromatic heterocycles. The van der Waals surface area contributed by atoms with E-state index in [-0.39, 0.29) is 5.69 Å². The van der Waals surface area contributed by atoms with Crippen LogP contribution in [0.4, 0.5) is 11.5 Å². The number of aryl methyl sites for hydroxylation is 2. The van der Waals surface area contributed by atoms with Gasteiger partial charge in [-0.2, -0.15) is 0 Å². The first-order valence-electron chi connectivity index (χ1n) is 5.33. The van der Waals surface area contributed by atoms with E-state index in [4.69, 9.17) is 0 Å². The Balaban J connectivity index is 2.06. The van der Waals surface area contributed by atoms with Crippen molar-refractivity contribution in [3.8, 4) is 0 Å². The fourth-order valence-corrected chi connectivity index (χ4v) is 2.24. The summed E-state index contributed by atoms with van der Waals surface area (Å²) < 4.78 is 0. The number of pyridine rings is 1. The van der Waals surface area contributed by atoms with Crippen LogP contribution in [-0.4, -0.2) is 14.9 Å². The Bertz CT molecular complexity index is 582. The quantitative estimate of drug-likeness (QED) is 0.678. The molecular weight excluding hydrogens is 252 g/mol. The Morgan fingerprint density at radius 3 is 2.78 bits per heavy atom. The molecular formula is C11H12N4O2S. The summed E-state index contributed by atoms with van der Waals surface area (Å²) in [6.45, 7) is 4.19. The van der Waals surface area contributed by atoms with Crippen molar-refractivity contribution in [3.63, 3.8) is 0 Å². The second-order valence-corrected chi connectivity index (χ2v) is 5.08. The van der Waals surface area contributed by atoms with Crippen LogP contribution in [-0.2, 0) is 6.54 Å². The normalized spacial score (nSPS) is 10.3. The largest absolute Gasteiger partial charge is 0.365 e. The molecule has 0 aliphatic carbocycles. The third-order valence-electron chi connectivity index (χ3n) is 2.37. The maximum Gasteiger partial charge on any atom is 0.290 e. The Labute approximate surface area is 108 Å². The first kappa shape index (κ1) is 12.4. The SMILES string of the molecule is Cc1ncc(CNc2ccc([N+](=O)[O-])c(C)n2)s1. The maximum absolute atomic E-state index is 10.7. The maximum atomic E-state index is 10.7. The van der Waals surface area contributed by atoms with Crippen molar-refractivity contribution in [1.29, 1.82) is 0 Å². The van der Waals surface area contributed by atoms with Gasteiger partial charge in [0.05, 0.1) is 16.5 Å². The predicted octanol–water partition coefficient (Wildman–Crippen LogP) is 2.68. The summed E-state index contributed by atoms with van der Waals surface area (Å²) >= 11 is 1.61. The van der Waals surface area contributed by atoms with Crippen molar-refractivity contribution in [2.45, 2.75) is 20.4 Å². The number of hydrogen-bond donors (Lipinski definition) is 1. The van der Waals surface area contributed by atoms with Crippen molar-refractivity contribution >= 4 is 22.8 Å². The average Bonchev–Trinajstić information content (AvgIpc) is 2.72. The highest BCUT2D eigenvalue weighted by Gasteiger charge is 2.11. The number of hydrogen-bond acceptors (Lipinski definition) is 6. The van der Waals surface area contributed by atoms with E-state index >= 15 is 0 Å². The van der Waals surface area contributed by atoms with E-state index in [9.17, 15) is 10.1 Å². The molecule has 0 bridgehead atoms. The second kappa shape index (κ2) is 5.09. The summed E-state index contributed by atoms with van der Waals surface area (Å²) in [5.74, 6) is 0.629. The lowest BCUT2D eigenvalue weighted by atomic mass is 10.3. The molecule has 0 aromatic carbocycles. The molecule has 0 aliphatic heterocycles.